The number of ether oxygens (including phenoxy) is 3. The molecule has 0 saturated heterocycles. The van der Waals surface area contributed by atoms with E-state index in [2.05, 4.69) is 41.6 Å². The van der Waals surface area contributed by atoms with Gasteiger partial charge in [0.25, 0.3) is 0 Å². The summed E-state index contributed by atoms with van der Waals surface area (Å²) in [6.07, 6.45) is 2.95. The molecule has 0 aromatic heterocycles. The van der Waals surface area contributed by atoms with E-state index in [9.17, 15) is 0 Å². The van der Waals surface area contributed by atoms with E-state index in [0.29, 0.717) is 12.5 Å². The second-order valence-corrected chi connectivity index (χ2v) is 6.77. The van der Waals surface area contributed by atoms with Crippen LogP contribution in [0.2, 0.25) is 0 Å². The van der Waals surface area contributed by atoms with Gasteiger partial charge in [0.2, 0.25) is 0 Å². The first-order chi connectivity index (χ1) is 13.1. The minimum absolute atomic E-state index is 0. The van der Waals surface area contributed by atoms with Gasteiger partial charge in [-0.2, -0.15) is 0 Å². The zero-order valence-electron chi connectivity index (χ0n) is 18.0. The average Bonchev–Trinajstić information content (AvgIpc) is 2.66. The van der Waals surface area contributed by atoms with Crippen molar-refractivity contribution in [3.63, 3.8) is 0 Å². The topological polar surface area (TPSA) is 64.1 Å². The van der Waals surface area contributed by atoms with Gasteiger partial charge < -0.3 is 24.8 Å². The van der Waals surface area contributed by atoms with Crippen LogP contribution < -0.4 is 20.1 Å². The van der Waals surface area contributed by atoms with Crippen molar-refractivity contribution in [3.8, 4) is 11.5 Å². The molecule has 1 aromatic rings. The lowest BCUT2D eigenvalue weighted by molar-refractivity contribution is 0.108. The van der Waals surface area contributed by atoms with Crippen molar-refractivity contribution in [3.05, 3.63) is 23.8 Å². The number of rotatable bonds is 13. The Morgan fingerprint density at radius 2 is 1.82 bits per heavy atom. The number of guanidine groups is 1. The molecule has 0 saturated carbocycles. The summed E-state index contributed by atoms with van der Waals surface area (Å²) in [6.45, 7) is 10.2. The highest BCUT2D eigenvalue weighted by Crippen LogP contribution is 2.28. The summed E-state index contributed by atoms with van der Waals surface area (Å²) in [5, 5.41) is 6.67. The van der Waals surface area contributed by atoms with Gasteiger partial charge in [0.15, 0.2) is 17.5 Å². The molecular formula is C21H38IN3O3. The quantitative estimate of drug-likeness (QED) is 0.184. The summed E-state index contributed by atoms with van der Waals surface area (Å²) in [5.74, 6) is 3.01. The van der Waals surface area contributed by atoms with E-state index in [1.165, 1.54) is 5.56 Å². The highest BCUT2D eigenvalue weighted by atomic mass is 127. The van der Waals surface area contributed by atoms with Crippen molar-refractivity contribution >= 4 is 29.9 Å². The van der Waals surface area contributed by atoms with Gasteiger partial charge in [0.1, 0.15) is 0 Å². The van der Waals surface area contributed by atoms with Crippen LogP contribution in [-0.4, -0.2) is 53.0 Å². The van der Waals surface area contributed by atoms with E-state index in [1.807, 2.05) is 13.0 Å². The summed E-state index contributed by atoms with van der Waals surface area (Å²) in [7, 11) is 3.46. The first-order valence-electron chi connectivity index (χ1n) is 9.92. The summed E-state index contributed by atoms with van der Waals surface area (Å²) in [4.78, 5) is 4.26. The molecule has 0 aliphatic heterocycles. The van der Waals surface area contributed by atoms with Gasteiger partial charge in [-0.05, 0) is 49.8 Å². The number of benzene rings is 1. The van der Waals surface area contributed by atoms with E-state index in [-0.39, 0.29) is 24.0 Å². The zero-order chi connectivity index (χ0) is 19.9. The maximum absolute atomic E-state index is 5.64. The number of hydrogen-bond acceptors (Lipinski definition) is 4. The van der Waals surface area contributed by atoms with E-state index < -0.39 is 0 Å². The molecule has 0 radical (unpaired) electrons. The molecule has 2 N–H and O–H groups in total. The number of aryl methyl sites for hydroxylation is 1. The molecular weight excluding hydrogens is 469 g/mol. The van der Waals surface area contributed by atoms with Crippen LogP contribution >= 0.6 is 24.0 Å². The Morgan fingerprint density at radius 1 is 1.11 bits per heavy atom. The minimum atomic E-state index is 0. The second-order valence-electron chi connectivity index (χ2n) is 6.77. The van der Waals surface area contributed by atoms with Crippen molar-refractivity contribution in [2.45, 2.75) is 40.0 Å². The number of methoxy groups -OCH3 is 1. The molecule has 0 heterocycles. The van der Waals surface area contributed by atoms with E-state index in [4.69, 9.17) is 14.2 Å². The number of aliphatic imine (C=N–C) groups is 1. The van der Waals surface area contributed by atoms with Crippen molar-refractivity contribution in [1.82, 2.24) is 10.6 Å². The molecule has 0 unspecified atom stereocenters. The highest BCUT2D eigenvalue weighted by Gasteiger charge is 2.05. The second kappa shape index (κ2) is 16.7. The molecule has 162 valence electrons. The van der Waals surface area contributed by atoms with Gasteiger partial charge in [0.05, 0.1) is 13.7 Å². The fourth-order valence-electron chi connectivity index (χ4n) is 2.56. The Kier molecular flexibility index (Phi) is 16.0. The lowest BCUT2D eigenvalue weighted by Gasteiger charge is -2.13. The fourth-order valence-corrected chi connectivity index (χ4v) is 2.56. The summed E-state index contributed by atoms with van der Waals surface area (Å²) < 4.78 is 16.5. The van der Waals surface area contributed by atoms with Gasteiger partial charge in [-0.15, -0.1) is 24.0 Å². The molecule has 0 atom stereocenters. The highest BCUT2D eigenvalue weighted by molar-refractivity contribution is 14.0. The third-order valence-electron chi connectivity index (χ3n) is 3.90. The Bertz CT molecular complexity index is 554. The monoisotopic (exact) mass is 507 g/mol. The predicted molar refractivity (Wildman–Crippen MR) is 128 cm³/mol. The molecule has 0 aliphatic carbocycles. The normalized spacial score (nSPS) is 11.1. The molecule has 1 aromatic carbocycles. The maximum atomic E-state index is 5.64. The number of nitrogens with one attached hydrogen (secondary N) is 2. The van der Waals surface area contributed by atoms with Crippen molar-refractivity contribution in [2.24, 2.45) is 10.9 Å². The Morgan fingerprint density at radius 3 is 2.43 bits per heavy atom. The van der Waals surface area contributed by atoms with Gasteiger partial charge in [-0.3, -0.25) is 4.99 Å². The number of nitrogens with zero attached hydrogens (tertiary/aromatic N) is 1. The molecule has 0 bridgehead atoms. The van der Waals surface area contributed by atoms with Crippen LogP contribution in [0.15, 0.2) is 23.2 Å². The molecule has 0 aliphatic rings. The molecule has 7 heteroatoms. The molecule has 28 heavy (non-hydrogen) atoms. The maximum Gasteiger partial charge on any atom is 0.190 e. The van der Waals surface area contributed by atoms with Crippen LogP contribution in [0.3, 0.4) is 0 Å². The van der Waals surface area contributed by atoms with Crippen LogP contribution in [0.1, 0.15) is 39.2 Å². The third-order valence-corrected chi connectivity index (χ3v) is 3.90. The minimum Gasteiger partial charge on any atom is -0.493 e. The van der Waals surface area contributed by atoms with E-state index in [0.717, 1.165) is 63.0 Å². The predicted octanol–water partition coefficient (Wildman–Crippen LogP) is 3.87. The SMILES string of the molecule is CCOc1cc(CCCNC(=NC)NCCCOCC(C)C)ccc1OC.I. The average molecular weight is 507 g/mol. The van der Waals surface area contributed by atoms with E-state index >= 15 is 0 Å². The number of hydrogen-bond donors (Lipinski definition) is 2. The summed E-state index contributed by atoms with van der Waals surface area (Å²) >= 11 is 0. The van der Waals surface area contributed by atoms with Crippen LogP contribution in [-0.2, 0) is 11.2 Å². The van der Waals surface area contributed by atoms with Crippen molar-refractivity contribution in [1.29, 1.82) is 0 Å². The van der Waals surface area contributed by atoms with Gasteiger partial charge in [-0.1, -0.05) is 19.9 Å². The van der Waals surface area contributed by atoms with Crippen LogP contribution in [0.5, 0.6) is 11.5 Å². The van der Waals surface area contributed by atoms with Crippen molar-refractivity contribution < 1.29 is 14.2 Å². The summed E-state index contributed by atoms with van der Waals surface area (Å²) in [6, 6.07) is 6.12. The Labute approximate surface area is 187 Å². The Balaban J connectivity index is 0.00000729. The fraction of sp³-hybridized carbons (Fsp3) is 0.667. The Hall–Kier alpha value is -1.22. The van der Waals surface area contributed by atoms with Gasteiger partial charge >= 0.3 is 0 Å². The number of halogens is 1. The molecule has 0 amide bonds. The molecule has 0 fully saturated rings. The zero-order valence-corrected chi connectivity index (χ0v) is 20.4. The van der Waals surface area contributed by atoms with Crippen molar-refractivity contribution in [2.75, 3.05) is 47.1 Å². The first-order valence-corrected chi connectivity index (χ1v) is 9.92. The molecule has 6 nitrogen and oxygen atoms in total. The smallest absolute Gasteiger partial charge is 0.190 e. The first kappa shape index (κ1) is 26.8. The third kappa shape index (κ3) is 11.6. The summed E-state index contributed by atoms with van der Waals surface area (Å²) in [5.41, 5.74) is 1.24. The van der Waals surface area contributed by atoms with E-state index in [1.54, 1.807) is 14.2 Å². The van der Waals surface area contributed by atoms with Crippen LogP contribution in [0.4, 0.5) is 0 Å². The van der Waals surface area contributed by atoms with Crippen LogP contribution in [0.25, 0.3) is 0 Å². The lowest BCUT2D eigenvalue weighted by atomic mass is 10.1. The molecule has 1 rings (SSSR count). The molecule has 0 spiro atoms. The van der Waals surface area contributed by atoms with Gasteiger partial charge in [-0.25, -0.2) is 0 Å². The standard InChI is InChI=1S/C21H37N3O3.HI/c1-6-27-20-15-18(10-11-19(20)25-5)9-7-12-23-21(22-4)24-13-8-14-26-16-17(2)3;/h10-11,15,17H,6-9,12-14,16H2,1-5H3,(H2,22,23,24);1H. The largest absolute Gasteiger partial charge is 0.493 e. The lowest BCUT2D eigenvalue weighted by Crippen LogP contribution is -2.38. The van der Waals surface area contributed by atoms with Crippen LogP contribution in [0, 0.1) is 5.92 Å². The van der Waals surface area contributed by atoms with Gasteiger partial charge in [0, 0.05) is 33.4 Å².